The summed E-state index contributed by atoms with van der Waals surface area (Å²) in [5.74, 6) is 0.823. The predicted octanol–water partition coefficient (Wildman–Crippen LogP) is 3.24. The van der Waals surface area contributed by atoms with E-state index in [0.29, 0.717) is 22.2 Å². The highest BCUT2D eigenvalue weighted by Gasteiger charge is 2.16. The van der Waals surface area contributed by atoms with E-state index in [0.717, 1.165) is 11.3 Å². The van der Waals surface area contributed by atoms with E-state index >= 15 is 0 Å². The van der Waals surface area contributed by atoms with Crippen LogP contribution < -0.4 is 4.74 Å². The molecule has 0 aliphatic carbocycles. The van der Waals surface area contributed by atoms with E-state index in [2.05, 4.69) is 5.10 Å². The topological polar surface area (TPSA) is 67.5 Å². The Morgan fingerprint density at radius 2 is 2.00 bits per heavy atom. The molecule has 5 nitrogen and oxygen atoms in total. The highest BCUT2D eigenvalue weighted by Crippen LogP contribution is 2.38. The highest BCUT2D eigenvalue weighted by atomic mass is 35.5. The predicted molar refractivity (Wildman–Crippen MR) is 76.5 cm³/mol. The van der Waals surface area contributed by atoms with Crippen molar-refractivity contribution in [1.82, 2.24) is 9.78 Å². The first-order valence-electron chi connectivity index (χ1n) is 6.19. The van der Waals surface area contributed by atoms with Crippen LogP contribution in [0, 0.1) is 13.8 Å². The number of aliphatic hydroxyl groups excluding tert-OH is 1. The summed E-state index contributed by atoms with van der Waals surface area (Å²) in [5.41, 5.74) is 2.13. The maximum atomic E-state index is 9.89. The summed E-state index contributed by atoms with van der Waals surface area (Å²) in [5, 5.41) is 24.0. The molecule has 6 heteroatoms. The first kappa shape index (κ1) is 14.7. The minimum atomic E-state index is -0.803. The highest BCUT2D eigenvalue weighted by molar-refractivity contribution is 6.32. The molecule has 2 aromatic rings. The number of aromatic nitrogens is 2. The Labute approximate surface area is 122 Å². The molecular formula is C14H17ClN2O3. The van der Waals surface area contributed by atoms with E-state index in [-0.39, 0.29) is 5.75 Å². The summed E-state index contributed by atoms with van der Waals surface area (Å²) in [6.45, 7) is 5.34. The smallest absolute Gasteiger partial charge is 0.220 e. The van der Waals surface area contributed by atoms with Gasteiger partial charge in [0, 0.05) is 24.2 Å². The quantitative estimate of drug-likeness (QED) is 0.912. The summed E-state index contributed by atoms with van der Waals surface area (Å²) in [6.07, 6.45) is -0.803. The first-order chi connectivity index (χ1) is 9.31. The second-order valence-corrected chi connectivity index (χ2v) is 5.17. The van der Waals surface area contributed by atoms with Crippen molar-refractivity contribution in [2.45, 2.75) is 26.9 Å². The number of aromatic hydroxyl groups is 1. The fraction of sp³-hybridized carbons (Fsp3) is 0.357. The number of phenols is 1. The van der Waals surface area contributed by atoms with E-state index in [1.807, 2.05) is 13.8 Å². The third kappa shape index (κ3) is 2.59. The lowest BCUT2D eigenvalue weighted by atomic mass is 10.1. The first-order valence-corrected chi connectivity index (χ1v) is 6.57. The molecule has 0 radical (unpaired) electrons. The Hall–Kier alpha value is -1.72. The fourth-order valence-corrected chi connectivity index (χ4v) is 2.17. The average molecular weight is 297 g/mol. The van der Waals surface area contributed by atoms with Crippen LogP contribution in [0.2, 0.25) is 5.02 Å². The number of aryl methyl sites for hydroxylation is 2. The van der Waals surface area contributed by atoms with Crippen molar-refractivity contribution < 1.29 is 14.9 Å². The maximum Gasteiger partial charge on any atom is 0.220 e. The number of ether oxygens (including phenoxy) is 1. The van der Waals surface area contributed by atoms with Crippen molar-refractivity contribution in [3.63, 3.8) is 0 Å². The Balaban J connectivity index is 2.42. The lowest BCUT2D eigenvalue weighted by Gasteiger charge is -2.13. The molecule has 0 aliphatic heterocycles. The molecule has 0 amide bonds. The van der Waals surface area contributed by atoms with Gasteiger partial charge < -0.3 is 14.9 Å². The van der Waals surface area contributed by atoms with E-state index in [9.17, 15) is 10.2 Å². The number of hydrogen-bond acceptors (Lipinski definition) is 4. The van der Waals surface area contributed by atoms with Gasteiger partial charge in [0.1, 0.15) is 5.75 Å². The Morgan fingerprint density at radius 3 is 2.50 bits per heavy atom. The zero-order valence-electron chi connectivity index (χ0n) is 11.8. The van der Waals surface area contributed by atoms with Crippen molar-refractivity contribution >= 4 is 11.6 Å². The van der Waals surface area contributed by atoms with Gasteiger partial charge in [-0.3, -0.25) is 0 Å². The van der Waals surface area contributed by atoms with E-state index < -0.39 is 6.10 Å². The minimum Gasteiger partial charge on any atom is -0.507 e. The second-order valence-electron chi connectivity index (χ2n) is 4.76. The van der Waals surface area contributed by atoms with Crippen molar-refractivity contribution in [1.29, 1.82) is 0 Å². The van der Waals surface area contributed by atoms with Gasteiger partial charge in [-0.25, -0.2) is 4.68 Å². The average Bonchev–Trinajstić information content (AvgIpc) is 2.59. The fourth-order valence-electron chi connectivity index (χ4n) is 1.96. The maximum absolute atomic E-state index is 9.89. The Morgan fingerprint density at radius 1 is 1.35 bits per heavy atom. The molecule has 0 fully saturated rings. The van der Waals surface area contributed by atoms with Crippen molar-refractivity contribution in [3.8, 4) is 17.4 Å². The second kappa shape index (κ2) is 5.34. The van der Waals surface area contributed by atoms with Crippen molar-refractivity contribution in [3.05, 3.63) is 34.0 Å². The summed E-state index contributed by atoms with van der Waals surface area (Å²) >= 11 is 6.13. The Kier molecular flexibility index (Phi) is 3.92. The number of hydrogen-bond donors (Lipinski definition) is 2. The van der Waals surface area contributed by atoms with Crippen LogP contribution in [0.4, 0.5) is 0 Å². The summed E-state index contributed by atoms with van der Waals surface area (Å²) in [7, 11) is 1.77. The number of rotatable bonds is 3. The van der Waals surface area contributed by atoms with Gasteiger partial charge in [-0.05, 0) is 26.8 Å². The number of aliphatic hydroxyl groups is 1. The van der Waals surface area contributed by atoms with Gasteiger partial charge in [0.2, 0.25) is 5.88 Å². The minimum absolute atomic E-state index is 0.0593. The Bertz CT molecular complexity index is 650. The van der Waals surface area contributed by atoms with Gasteiger partial charge in [0.05, 0.1) is 16.8 Å². The number of nitrogens with zero attached hydrogens (tertiary/aromatic N) is 2. The van der Waals surface area contributed by atoms with Crippen LogP contribution in [0.3, 0.4) is 0 Å². The summed E-state index contributed by atoms with van der Waals surface area (Å²) in [4.78, 5) is 0. The molecule has 1 unspecified atom stereocenters. The zero-order chi connectivity index (χ0) is 15.0. The van der Waals surface area contributed by atoms with Gasteiger partial charge in [-0.15, -0.1) is 0 Å². The van der Waals surface area contributed by atoms with E-state index in [1.165, 1.54) is 12.1 Å². The zero-order valence-corrected chi connectivity index (χ0v) is 12.6. The van der Waals surface area contributed by atoms with Gasteiger partial charge >= 0.3 is 0 Å². The van der Waals surface area contributed by atoms with Crippen LogP contribution in [0.15, 0.2) is 12.1 Å². The molecule has 1 aromatic heterocycles. The van der Waals surface area contributed by atoms with Crippen LogP contribution in [-0.2, 0) is 7.05 Å². The van der Waals surface area contributed by atoms with Crippen molar-refractivity contribution in [2.24, 2.45) is 7.05 Å². The van der Waals surface area contributed by atoms with Gasteiger partial charge in [0.15, 0.2) is 5.75 Å². The largest absolute Gasteiger partial charge is 0.507 e. The van der Waals surface area contributed by atoms with Crippen LogP contribution >= 0.6 is 11.6 Å². The van der Waals surface area contributed by atoms with Crippen molar-refractivity contribution in [2.75, 3.05) is 0 Å². The molecule has 0 aliphatic rings. The molecule has 0 saturated heterocycles. The van der Waals surface area contributed by atoms with Crippen LogP contribution in [0.1, 0.15) is 29.8 Å². The lowest BCUT2D eigenvalue weighted by Crippen LogP contribution is -1.98. The third-order valence-electron chi connectivity index (χ3n) is 3.20. The van der Waals surface area contributed by atoms with Gasteiger partial charge in [-0.1, -0.05) is 11.6 Å². The molecular weight excluding hydrogens is 280 g/mol. The molecule has 1 heterocycles. The van der Waals surface area contributed by atoms with Crippen LogP contribution in [-0.4, -0.2) is 20.0 Å². The molecule has 2 rings (SSSR count). The molecule has 2 N–H and O–H groups in total. The monoisotopic (exact) mass is 296 g/mol. The summed E-state index contributed by atoms with van der Waals surface area (Å²) < 4.78 is 7.35. The molecule has 108 valence electrons. The summed E-state index contributed by atoms with van der Waals surface area (Å²) in [6, 6.07) is 2.89. The third-order valence-corrected chi connectivity index (χ3v) is 3.49. The molecule has 0 bridgehead atoms. The molecule has 20 heavy (non-hydrogen) atoms. The van der Waals surface area contributed by atoms with Gasteiger partial charge in [-0.2, -0.15) is 5.10 Å². The van der Waals surface area contributed by atoms with E-state index in [4.69, 9.17) is 16.3 Å². The molecule has 1 atom stereocenters. The van der Waals surface area contributed by atoms with Gasteiger partial charge in [0.25, 0.3) is 0 Å². The van der Waals surface area contributed by atoms with Crippen LogP contribution in [0.25, 0.3) is 0 Å². The standard InChI is InChI=1S/C14H17ClN2O3/c1-7-8(2)16-17(4)14(7)20-13-6-12(19)10(9(3)18)5-11(13)15/h5-6,9,18-19H,1-4H3. The number of halogens is 1. The van der Waals surface area contributed by atoms with E-state index in [1.54, 1.807) is 18.7 Å². The molecule has 0 saturated carbocycles. The lowest BCUT2D eigenvalue weighted by molar-refractivity contribution is 0.195. The normalized spacial score (nSPS) is 12.5. The number of benzene rings is 1. The molecule has 1 aromatic carbocycles. The SMILES string of the molecule is Cc1nn(C)c(Oc2cc(O)c(C(C)O)cc2Cl)c1C. The van der Waals surface area contributed by atoms with Crippen LogP contribution in [0.5, 0.6) is 17.4 Å². The number of phenolic OH excluding ortho intramolecular Hbond substituents is 1. The molecule has 0 spiro atoms.